The minimum absolute atomic E-state index is 0.113. The zero-order chi connectivity index (χ0) is 20.4. The van der Waals surface area contributed by atoms with Gasteiger partial charge in [0.1, 0.15) is 11.5 Å². The van der Waals surface area contributed by atoms with Crippen molar-refractivity contribution in [2.75, 3.05) is 6.54 Å². The second kappa shape index (κ2) is 7.79. The number of aromatic nitrogens is 5. The predicted octanol–water partition coefficient (Wildman–Crippen LogP) is 1.07. The molecule has 28 heavy (non-hydrogen) atoms. The number of fused-ring (bicyclic) bond motifs is 1. The lowest BCUT2D eigenvalue weighted by Crippen LogP contribution is -2.32. The van der Waals surface area contributed by atoms with E-state index in [4.69, 9.17) is 0 Å². The summed E-state index contributed by atoms with van der Waals surface area (Å²) in [6.45, 7) is 7.07. The Morgan fingerprint density at radius 3 is 2.79 bits per heavy atom. The average Bonchev–Trinajstić information content (AvgIpc) is 3.11. The smallest absolute Gasteiger partial charge is 0.329 e. The van der Waals surface area contributed by atoms with Crippen LogP contribution in [0.15, 0.2) is 28.0 Å². The minimum Gasteiger partial charge on any atom is -0.352 e. The monoisotopic (exact) mass is 384 g/mol. The standard InChI is InChI=1S/C19H24N6O3/c1-11(2)15-20-7-9-25(15)8-5-6-21-17(26)13-10-12(3)22-16-14(13)18(27)23-19(28)24(16)4/h7,9-11H,5-6,8H2,1-4H3,(H,21,26)(H,23,27,28). The number of H-pyrrole nitrogens is 1. The highest BCUT2D eigenvalue weighted by Gasteiger charge is 2.17. The Morgan fingerprint density at radius 2 is 2.07 bits per heavy atom. The third kappa shape index (κ3) is 3.73. The van der Waals surface area contributed by atoms with E-state index in [9.17, 15) is 14.4 Å². The first-order valence-electron chi connectivity index (χ1n) is 9.19. The summed E-state index contributed by atoms with van der Waals surface area (Å²) in [6, 6.07) is 1.56. The molecule has 148 valence electrons. The van der Waals surface area contributed by atoms with Crippen LogP contribution in [0.2, 0.25) is 0 Å². The van der Waals surface area contributed by atoms with E-state index in [0.29, 0.717) is 18.2 Å². The average molecular weight is 384 g/mol. The molecule has 0 spiro atoms. The number of aryl methyl sites for hydroxylation is 3. The Labute approximate surface area is 161 Å². The van der Waals surface area contributed by atoms with Crippen molar-refractivity contribution in [1.29, 1.82) is 0 Å². The number of rotatable bonds is 6. The molecule has 0 bridgehead atoms. The first-order valence-corrected chi connectivity index (χ1v) is 9.19. The number of hydrogen-bond donors (Lipinski definition) is 2. The van der Waals surface area contributed by atoms with Gasteiger partial charge < -0.3 is 9.88 Å². The third-order valence-electron chi connectivity index (χ3n) is 4.57. The summed E-state index contributed by atoms with van der Waals surface area (Å²) in [6.07, 6.45) is 4.42. The van der Waals surface area contributed by atoms with Crippen molar-refractivity contribution in [3.63, 3.8) is 0 Å². The highest BCUT2D eigenvalue weighted by molar-refractivity contribution is 6.05. The molecule has 1 amide bonds. The lowest BCUT2D eigenvalue weighted by atomic mass is 10.1. The molecular formula is C19H24N6O3. The van der Waals surface area contributed by atoms with Crippen molar-refractivity contribution in [2.45, 2.75) is 39.7 Å². The van der Waals surface area contributed by atoms with Crippen LogP contribution in [0.25, 0.3) is 11.0 Å². The first-order chi connectivity index (χ1) is 13.3. The molecule has 0 aliphatic rings. The van der Waals surface area contributed by atoms with Crippen molar-refractivity contribution < 1.29 is 4.79 Å². The van der Waals surface area contributed by atoms with Crippen LogP contribution < -0.4 is 16.6 Å². The molecule has 0 aromatic carbocycles. The van der Waals surface area contributed by atoms with Crippen molar-refractivity contribution in [2.24, 2.45) is 7.05 Å². The zero-order valence-electron chi connectivity index (χ0n) is 16.4. The van der Waals surface area contributed by atoms with Crippen molar-refractivity contribution in [3.8, 4) is 0 Å². The van der Waals surface area contributed by atoms with E-state index in [0.717, 1.165) is 18.8 Å². The molecule has 0 fully saturated rings. The van der Waals surface area contributed by atoms with E-state index in [1.54, 1.807) is 19.2 Å². The molecule has 0 unspecified atom stereocenters. The number of nitrogens with zero attached hydrogens (tertiary/aromatic N) is 4. The van der Waals surface area contributed by atoms with Crippen LogP contribution >= 0.6 is 0 Å². The maximum atomic E-state index is 12.7. The molecule has 0 atom stereocenters. The minimum atomic E-state index is -0.615. The van der Waals surface area contributed by atoms with E-state index in [-0.39, 0.29) is 22.5 Å². The summed E-state index contributed by atoms with van der Waals surface area (Å²) < 4.78 is 3.30. The molecule has 9 nitrogen and oxygen atoms in total. The highest BCUT2D eigenvalue weighted by Crippen LogP contribution is 2.14. The molecule has 2 N–H and O–H groups in total. The molecule has 3 aromatic rings. The largest absolute Gasteiger partial charge is 0.352 e. The van der Waals surface area contributed by atoms with Crippen molar-refractivity contribution >= 4 is 16.9 Å². The maximum absolute atomic E-state index is 12.7. The Balaban J connectivity index is 1.77. The number of aromatic amines is 1. The van der Waals surface area contributed by atoms with Gasteiger partial charge in [-0.1, -0.05) is 13.8 Å². The normalized spacial score (nSPS) is 11.3. The van der Waals surface area contributed by atoms with Crippen LogP contribution in [-0.2, 0) is 13.6 Å². The van der Waals surface area contributed by atoms with Gasteiger partial charge in [-0.15, -0.1) is 0 Å². The summed E-state index contributed by atoms with van der Waals surface area (Å²) in [5.41, 5.74) is -0.221. The molecule has 0 radical (unpaired) electrons. The lowest BCUT2D eigenvalue weighted by molar-refractivity contribution is 0.0954. The van der Waals surface area contributed by atoms with Gasteiger partial charge in [0.05, 0.1) is 10.9 Å². The van der Waals surface area contributed by atoms with Gasteiger partial charge in [0, 0.05) is 44.1 Å². The number of carbonyl (C=O) groups is 1. The highest BCUT2D eigenvalue weighted by atomic mass is 16.2. The zero-order valence-corrected chi connectivity index (χ0v) is 16.4. The number of nitrogens with one attached hydrogen (secondary N) is 2. The van der Waals surface area contributed by atoms with Crippen LogP contribution in [-0.4, -0.2) is 36.5 Å². The van der Waals surface area contributed by atoms with Crippen LogP contribution in [0.1, 0.15) is 48.1 Å². The molecule has 3 rings (SSSR count). The quantitative estimate of drug-likeness (QED) is 0.617. The van der Waals surface area contributed by atoms with Gasteiger partial charge in [-0.05, 0) is 19.4 Å². The van der Waals surface area contributed by atoms with E-state index in [1.807, 2.05) is 6.20 Å². The molecule has 0 aliphatic heterocycles. The van der Waals surface area contributed by atoms with Gasteiger partial charge in [-0.25, -0.2) is 14.8 Å². The number of imidazole rings is 1. The fourth-order valence-corrected chi connectivity index (χ4v) is 3.20. The Hall–Kier alpha value is -3.23. The predicted molar refractivity (Wildman–Crippen MR) is 106 cm³/mol. The Morgan fingerprint density at radius 1 is 1.32 bits per heavy atom. The van der Waals surface area contributed by atoms with Gasteiger partial charge in [0.25, 0.3) is 11.5 Å². The molecule has 9 heteroatoms. The van der Waals surface area contributed by atoms with E-state index in [1.165, 1.54) is 11.6 Å². The molecule has 0 aliphatic carbocycles. The number of pyridine rings is 1. The Bertz CT molecular complexity index is 1140. The summed E-state index contributed by atoms with van der Waals surface area (Å²) in [5, 5.41) is 2.96. The summed E-state index contributed by atoms with van der Waals surface area (Å²) in [5.74, 6) is 0.970. The third-order valence-corrected chi connectivity index (χ3v) is 4.57. The molecule has 3 aromatic heterocycles. The molecule has 0 saturated heterocycles. The van der Waals surface area contributed by atoms with Crippen molar-refractivity contribution in [3.05, 3.63) is 56.4 Å². The van der Waals surface area contributed by atoms with Gasteiger partial charge in [-0.3, -0.25) is 19.1 Å². The summed E-state index contributed by atoms with van der Waals surface area (Å²) >= 11 is 0. The molecular weight excluding hydrogens is 360 g/mol. The summed E-state index contributed by atoms with van der Waals surface area (Å²) in [7, 11) is 1.51. The van der Waals surface area contributed by atoms with Crippen molar-refractivity contribution in [1.82, 2.24) is 29.4 Å². The van der Waals surface area contributed by atoms with E-state index in [2.05, 4.69) is 38.7 Å². The van der Waals surface area contributed by atoms with E-state index < -0.39 is 11.2 Å². The SMILES string of the molecule is Cc1cc(C(=O)NCCCn2ccnc2C(C)C)c2c(=O)[nH]c(=O)n(C)c2n1. The van der Waals surface area contributed by atoms with E-state index >= 15 is 0 Å². The van der Waals surface area contributed by atoms with Gasteiger partial charge in [0.2, 0.25) is 0 Å². The fourth-order valence-electron chi connectivity index (χ4n) is 3.20. The number of amides is 1. The van der Waals surface area contributed by atoms with Gasteiger partial charge in [-0.2, -0.15) is 0 Å². The van der Waals surface area contributed by atoms with Crippen LogP contribution in [0.3, 0.4) is 0 Å². The van der Waals surface area contributed by atoms with Crippen LogP contribution in [0.4, 0.5) is 0 Å². The molecule has 0 saturated carbocycles. The lowest BCUT2D eigenvalue weighted by Gasteiger charge is -2.12. The maximum Gasteiger partial charge on any atom is 0.329 e. The van der Waals surface area contributed by atoms with Gasteiger partial charge >= 0.3 is 5.69 Å². The topological polar surface area (TPSA) is 115 Å². The van der Waals surface area contributed by atoms with Crippen LogP contribution in [0.5, 0.6) is 0 Å². The Kier molecular flexibility index (Phi) is 5.43. The fraction of sp³-hybridized carbons (Fsp3) is 0.421. The summed E-state index contributed by atoms with van der Waals surface area (Å²) in [4.78, 5) is 47.6. The second-order valence-electron chi connectivity index (χ2n) is 7.07. The van der Waals surface area contributed by atoms with Crippen LogP contribution in [0, 0.1) is 6.92 Å². The number of carbonyl (C=O) groups excluding carboxylic acids is 1. The molecule has 3 heterocycles. The second-order valence-corrected chi connectivity index (χ2v) is 7.07. The number of hydrogen-bond acceptors (Lipinski definition) is 5. The van der Waals surface area contributed by atoms with Gasteiger partial charge in [0.15, 0.2) is 0 Å². The first kappa shape index (κ1) is 19.5.